The van der Waals surface area contributed by atoms with Crippen LogP contribution in [0.2, 0.25) is 0 Å². The Hall–Kier alpha value is -2.47. The molecule has 0 bridgehead atoms. The van der Waals surface area contributed by atoms with Crippen molar-refractivity contribution < 1.29 is 8.42 Å². The Bertz CT molecular complexity index is 1290. The molecule has 28 heavy (non-hydrogen) atoms. The first-order valence-corrected chi connectivity index (χ1v) is 11.2. The smallest absolute Gasteiger partial charge is 0.207 e. The lowest BCUT2D eigenvalue weighted by molar-refractivity contribution is 0.574. The molecule has 3 nitrogen and oxygen atoms in total. The highest BCUT2D eigenvalue weighted by Crippen LogP contribution is 2.44. The number of hydrogen-bond donors (Lipinski definition) is 1. The zero-order valence-corrected chi connectivity index (χ0v) is 17.2. The normalized spacial score (nSPS) is 13.5. The lowest BCUT2D eigenvalue weighted by Crippen LogP contribution is -2.28. The van der Waals surface area contributed by atoms with Crippen LogP contribution in [0, 0.1) is 0 Å². The Balaban J connectivity index is 1.65. The molecular formula is C23H16BrNO2S. The van der Waals surface area contributed by atoms with Gasteiger partial charge in [0.15, 0.2) is 0 Å². The molecule has 0 aliphatic heterocycles. The molecule has 0 radical (unpaired) electrons. The van der Waals surface area contributed by atoms with Crippen molar-refractivity contribution in [3.8, 4) is 11.1 Å². The van der Waals surface area contributed by atoms with Crippen molar-refractivity contribution in [1.29, 1.82) is 0 Å². The van der Waals surface area contributed by atoms with E-state index in [1.165, 1.54) is 0 Å². The maximum absolute atomic E-state index is 13.4. The standard InChI is InChI=1S/C23H16BrNO2S/c24-21-13-14-22(18-10-4-3-9-17(18)21)28(26,27)25-23-19-11-5-1-7-15(19)16-8-2-6-12-20(16)23/h1-14,23,25H. The van der Waals surface area contributed by atoms with E-state index in [0.29, 0.717) is 5.39 Å². The quantitative estimate of drug-likeness (QED) is 0.439. The number of halogens is 1. The Morgan fingerprint density at radius 1 is 0.679 bits per heavy atom. The third-order valence-corrected chi connectivity index (χ3v) is 7.40. The molecule has 0 amide bonds. The fraction of sp³-hybridized carbons (Fsp3) is 0.0435. The Morgan fingerprint density at radius 3 is 1.86 bits per heavy atom. The monoisotopic (exact) mass is 449 g/mol. The maximum atomic E-state index is 13.4. The molecule has 4 aromatic rings. The summed E-state index contributed by atoms with van der Waals surface area (Å²) in [6.07, 6.45) is 0. The van der Waals surface area contributed by atoms with Crippen LogP contribution in [0.5, 0.6) is 0 Å². The third-order valence-electron chi connectivity index (χ3n) is 5.23. The minimum atomic E-state index is -3.74. The first-order chi connectivity index (χ1) is 13.6. The van der Waals surface area contributed by atoms with Gasteiger partial charge in [-0.3, -0.25) is 0 Å². The number of benzene rings is 4. The van der Waals surface area contributed by atoms with E-state index in [1.807, 2.05) is 72.8 Å². The fourth-order valence-electron chi connectivity index (χ4n) is 3.97. The molecule has 0 atom stereocenters. The van der Waals surface area contributed by atoms with Crippen LogP contribution < -0.4 is 4.72 Å². The van der Waals surface area contributed by atoms with Gasteiger partial charge in [-0.1, -0.05) is 88.7 Å². The molecule has 0 saturated carbocycles. The van der Waals surface area contributed by atoms with Gasteiger partial charge in [-0.05, 0) is 39.8 Å². The Morgan fingerprint density at radius 2 is 1.21 bits per heavy atom. The van der Waals surface area contributed by atoms with Gasteiger partial charge >= 0.3 is 0 Å². The predicted octanol–water partition coefficient (Wildman–Crippen LogP) is 5.65. The summed E-state index contributed by atoms with van der Waals surface area (Å²) in [6.45, 7) is 0. The molecule has 1 N–H and O–H groups in total. The molecule has 0 spiro atoms. The highest BCUT2D eigenvalue weighted by molar-refractivity contribution is 9.10. The lowest BCUT2D eigenvalue weighted by Gasteiger charge is -2.17. The molecule has 1 aliphatic carbocycles. The topological polar surface area (TPSA) is 46.2 Å². The first-order valence-electron chi connectivity index (χ1n) is 8.94. The van der Waals surface area contributed by atoms with Crippen LogP contribution in [0.25, 0.3) is 21.9 Å². The summed E-state index contributed by atoms with van der Waals surface area (Å²) in [5.41, 5.74) is 4.11. The number of sulfonamides is 1. The van der Waals surface area contributed by atoms with E-state index < -0.39 is 16.1 Å². The van der Waals surface area contributed by atoms with Crippen LogP contribution in [0.3, 0.4) is 0 Å². The molecule has 0 aromatic heterocycles. The molecule has 0 fully saturated rings. The highest BCUT2D eigenvalue weighted by Gasteiger charge is 2.32. The summed E-state index contributed by atoms with van der Waals surface area (Å²) in [7, 11) is -3.74. The average Bonchev–Trinajstić information content (AvgIpc) is 3.02. The van der Waals surface area contributed by atoms with Crippen molar-refractivity contribution in [3.05, 3.63) is 101 Å². The van der Waals surface area contributed by atoms with E-state index in [1.54, 1.807) is 12.1 Å². The third kappa shape index (κ3) is 2.70. The zero-order valence-electron chi connectivity index (χ0n) is 14.8. The Labute approximate surface area is 172 Å². The second kappa shape index (κ2) is 6.55. The van der Waals surface area contributed by atoms with E-state index in [2.05, 4.69) is 20.7 Å². The van der Waals surface area contributed by atoms with Gasteiger partial charge < -0.3 is 0 Å². The van der Waals surface area contributed by atoms with Crippen molar-refractivity contribution in [2.45, 2.75) is 10.9 Å². The van der Waals surface area contributed by atoms with Crippen LogP contribution in [0.15, 0.2) is 94.3 Å². The number of rotatable bonds is 3. The summed E-state index contributed by atoms with van der Waals surface area (Å²) in [4.78, 5) is 0.285. The molecule has 0 saturated heterocycles. The van der Waals surface area contributed by atoms with Crippen molar-refractivity contribution in [2.24, 2.45) is 0 Å². The van der Waals surface area contributed by atoms with Crippen LogP contribution in [-0.4, -0.2) is 8.42 Å². The number of nitrogens with one attached hydrogen (secondary N) is 1. The molecule has 0 unspecified atom stereocenters. The minimum absolute atomic E-state index is 0.285. The molecule has 0 heterocycles. The lowest BCUT2D eigenvalue weighted by atomic mass is 10.1. The van der Waals surface area contributed by atoms with E-state index in [4.69, 9.17) is 0 Å². The van der Waals surface area contributed by atoms with Gasteiger partial charge in [-0.25, -0.2) is 8.42 Å². The van der Waals surface area contributed by atoms with Crippen molar-refractivity contribution >= 4 is 36.7 Å². The molecule has 5 heteroatoms. The van der Waals surface area contributed by atoms with Crippen molar-refractivity contribution in [1.82, 2.24) is 4.72 Å². The van der Waals surface area contributed by atoms with E-state index in [9.17, 15) is 8.42 Å². The van der Waals surface area contributed by atoms with Crippen LogP contribution >= 0.6 is 15.9 Å². The van der Waals surface area contributed by atoms with Gasteiger partial charge in [0, 0.05) is 9.86 Å². The number of hydrogen-bond acceptors (Lipinski definition) is 2. The van der Waals surface area contributed by atoms with Gasteiger partial charge in [0.05, 0.1) is 10.9 Å². The molecule has 5 rings (SSSR count). The fourth-order valence-corrected chi connectivity index (χ4v) is 5.85. The maximum Gasteiger partial charge on any atom is 0.242 e. The zero-order chi connectivity index (χ0) is 19.3. The summed E-state index contributed by atoms with van der Waals surface area (Å²) >= 11 is 3.51. The predicted molar refractivity (Wildman–Crippen MR) is 116 cm³/mol. The van der Waals surface area contributed by atoms with E-state index in [0.717, 1.165) is 32.1 Å². The summed E-state index contributed by atoms with van der Waals surface area (Å²) in [5.74, 6) is 0. The minimum Gasteiger partial charge on any atom is -0.207 e. The van der Waals surface area contributed by atoms with Crippen LogP contribution in [-0.2, 0) is 10.0 Å². The largest absolute Gasteiger partial charge is 0.242 e. The van der Waals surface area contributed by atoms with E-state index >= 15 is 0 Å². The van der Waals surface area contributed by atoms with Gasteiger partial charge in [0.25, 0.3) is 0 Å². The number of fused-ring (bicyclic) bond motifs is 4. The average molecular weight is 450 g/mol. The molecule has 4 aromatic carbocycles. The first kappa shape index (κ1) is 17.6. The SMILES string of the molecule is O=S(=O)(NC1c2ccccc2-c2ccccc21)c1ccc(Br)c2ccccc12. The second-order valence-corrected chi connectivity index (χ2v) is 9.36. The van der Waals surface area contributed by atoms with Crippen LogP contribution in [0.1, 0.15) is 17.2 Å². The van der Waals surface area contributed by atoms with Crippen molar-refractivity contribution in [3.63, 3.8) is 0 Å². The highest BCUT2D eigenvalue weighted by atomic mass is 79.9. The van der Waals surface area contributed by atoms with Crippen LogP contribution in [0.4, 0.5) is 0 Å². The van der Waals surface area contributed by atoms with Crippen molar-refractivity contribution in [2.75, 3.05) is 0 Å². The van der Waals surface area contributed by atoms with Gasteiger partial charge in [0.2, 0.25) is 10.0 Å². The molecule has 138 valence electrons. The summed E-state index contributed by atoms with van der Waals surface area (Å²) < 4.78 is 30.6. The summed E-state index contributed by atoms with van der Waals surface area (Å²) in [5, 5.41) is 1.57. The van der Waals surface area contributed by atoms with Gasteiger partial charge in [0.1, 0.15) is 0 Å². The summed E-state index contributed by atoms with van der Waals surface area (Å²) in [6, 6.07) is 26.5. The second-order valence-electron chi connectivity index (χ2n) is 6.82. The molecular weight excluding hydrogens is 434 g/mol. The Kier molecular flexibility index (Phi) is 4.12. The van der Waals surface area contributed by atoms with Gasteiger partial charge in [-0.2, -0.15) is 4.72 Å². The molecule has 1 aliphatic rings. The van der Waals surface area contributed by atoms with E-state index in [-0.39, 0.29) is 4.90 Å². The van der Waals surface area contributed by atoms with Gasteiger partial charge in [-0.15, -0.1) is 0 Å².